The predicted molar refractivity (Wildman–Crippen MR) is 127 cm³/mol. The summed E-state index contributed by atoms with van der Waals surface area (Å²) in [5, 5.41) is 6.28. The van der Waals surface area contributed by atoms with Gasteiger partial charge in [-0.25, -0.2) is 4.98 Å². The molecular weight excluding hydrogens is 416 g/mol. The fourth-order valence-electron chi connectivity index (χ4n) is 5.32. The van der Waals surface area contributed by atoms with Crippen LogP contribution in [0.15, 0.2) is 47.3 Å². The number of hydrogen-bond acceptors (Lipinski definition) is 5. The summed E-state index contributed by atoms with van der Waals surface area (Å²) in [6, 6.07) is 13.4. The Hall–Kier alpha value is -3.48. The maximum absolute atomic E-state index is 13.6. The third-order valence-electron chi connectivity index (χ3n) is 6.95. The lowest BCUT2D eigenvalue weighted by Gasteiger charge is -2.25. The molecule has 7 nitrogen and oxygen atoms in total. The zero-order chi connectivity index (χ0) is 22.9. The Kier molecular flexibility index (Phi) is 5.70. The molecule has 1 unspecified atom stereocenters. The lowest BCUT2D eigenvalue weighted by atomic mass is 9.93. The van der Waals surface area contributed by atoms with Crippen LogP contribution in [0.2, 0.25) is 0 Å². The minimum Gasteiger partial charge on any atom is -0.380 e. The van der Waals surface area contributed by atoms with Crippen LogP contribution in [-0.4, -0.2) is 21.4 Å². The zero-order valence-corrected chi connectivity index (χ0v) is 18.8. The Labute approximate surface area is 192 Å². The Morgan fingerprint density at radius 2 is 1.82 bits per heavy atom. The number of nitrogens with one attached hydrogen (secondary N) is 2. The topological polar surface area (TPSA) is 93.1 Å². The highest BCUT2D eigenvalue weighted by Gasteiger charge is 2.30. The highest BCUT2D eigenvalue weighted by molar-refractivity contribution is 5.99. The van der Waals surface area contributed by atoms with E-state index in [-0.39, 0.29) is 17.9 Å². The van der Waals surface area contributed by atoms with E-state index in [1.807, 2.05) is 18.2 Å². The number of hydrogen-bond donors (Lipinski definition) is 2. The second-order valence-corrected chi connectivity index (χ2v) is 9.03. The lowest BCUT2D eigenvalue weighted by molar-refractivity contribution is -0.135. The van der Waals surface area contributed by atoms with Crippen molar-refractivity contribution in [3.8, 4) is 0 Å². The van der Waals surface area contributed by atoms with E-state index >= 15 is 0 Å². The Morgan fingerprint density at radius 1 is 1.03 bits per heavy atom. The minimum atomic E-state index is -0.733. The molecule has 1 aliphatic carbocycles. The van der Waals surface area contributed by atoms with Gasteiger partial charge < -0.3 is 5.32 Å². The van der Waals surface area contributed by atoms with Gasteiger partial charge in [-0.15, -0.1) is 0 Å². The number of piperidine rings is 1. The van der Waals surface area contributed by atoms with E-state index < -0.39 is 11.9 Å². The molecular formula is C26H28N4O3. The first-order valence-electron chi connectivity index (χ1n) is 11.7. The van der Waals surface area contributed by atoms with Gasteiger partial charge in [-0.3, -0.25) is 24.3 Å². The molecule has 5 rings (SSSR count). The van der Waals surface area contributed by atoms with Crippen LogP contribution in [0.25, 0.3) is 10.9 Å². The quantitative estimate of drug-likeness (QED) is 0.581. The molecule has 1 atom stereocenters. The third-order valence-corrected chi connectivity index (χ3v) is 6.95. The van der Waals surface area contributed by atoms with Crippen LogP contribution in [0, 0.1) is 6.92 Å². The van der Waals surface area contributed by atoms with Crippen molar-refractivity contribution in [1.29, 1.82) is 0 Å². The van der Waals surface area contributed by atoms with E-state index in [1.54, 1.807) is 6.92 Å². The number of rotatable bonds is 5. The lowest BCUT2D eigenvalue weighted by Crippen LogP contribution is -2.45. The molecule has 0 bridgehead atoms. The molecule has 0 radical (unpaired) electrons. The molecule has 2 fully saturated rings. The summed E-state index contributed by atoms with van der Waals surface area (Å²) < 4.78 is 1.43. The van der Waals surface area contributed by atoms with Crippen molar-refractivity contribution in [1.82, 2.24) is 14.9 Å². The SMILES string of the molecule is Cc1nc2cccc(NCc3ccccc3C3CCCC3)c2c(=O)n1C1CCC(=O)NC1=O. The Morgan fingerprint density at radius 3 is 2.61 bits per heavy atom. The van der Waals surface area contributed by atoms with Crippen LogP contribution in [0.3, 0.4) is 0 Å². The first-order chi connectivity index (χ1) is 16.0. The van der Waals surface area contributed by atoms with E-state index in [1.165, 1.54) is 41.4 Å². The van der Waals surface area contributed by atoms with E-state index in [0.717, 1.165) is 0 Å². The molecule has 1 aliphatic heterocycles. The number of nitrogens with zero attached hydrogens (tertiary/aromatic N) is 2. The molecule has 2 amide bonds. The number of anilines is 1. The van der Waals surface area contributed by atoms with E-state index in [4.69, 9.17) is 0 Å². The number of carbonyl (C=O) groups is 2. The fourth-order valence-corrected chi connectivity index (χ4v) is 5.32. The molecule has 1 saturated heterocycles. The Bertz CT molecular complexity index is 1290. The molecule has 33 heavy (non-hydrogen) atoms. The van der Waals surface area contributed by atoms with Crippen LogP contribution in [0.5, 0.6) is 0 Å². The summed E-state index contributed by atoms with van der Waals surface area (Å²) in [7, 11) is 0. The number of fused-ring (bicyclic) bond motifs is 1. The predicted octanol–water partition coefficient (Wildman–Crippen LogP) is 3.95. The van der Waals surface area contributed by atoms with Gasteiger partial charge in [-0.05, 0) is 55.4 Å². The van der Waals surface area contributed by atoms with E-state index in [9.17, 15) is 14.4 Å². The number of aryl methyl sites for hydroxylation is 1. The molecule has 2 heterocycles. The molecule has 7 heteroatoms. The molecule has 1 aromatic heterocycles. The average molecular weight is 445 g/mol. The summed E-state index contributed by atoms with van der Waals surface area (Å²) in [6.45, 7) is 2.33. The largest absolute Gasteiger partial charge is 0.380 e. The first kappa shape index (κ1) is 21.4. The maximum Gasteiger partial charge on any atom is 0.264 e. The Balaban J connectivity index is 1.51. The van der Waals surface area contributed by atoms with E-state index in [2.05, 4.69) is 39.9 Å². The monoisotopic (exact) mass is 444 g/mol. The number of aromatic nitrogens is 2. The van der Waals surface area contributed by atoms with Crippen molar-refractivity contribution in [2.45, 2.75) is 64.0 Å². The smallest absolute Gasteiger partial charge is 0.264 e. The molecule has 3 aromatic rings. The van der Waals surface area contributed by atoms with Gasteiger partial charge in [0.15, 0.2) is 0 Å². The molecule has 1 saturated carbocycles. The van der Waals surface area contributed by atoms with Crippen LogP contribution in [0.1, 0.15) is 67.4 Å². The van der Waals surface area contributed by atoms with Crippen molar-refractivity contribution in [3.05, 3.63) is 69.8 Å². The van der Waals surface area contributed by atoms with Gasteiger partial charge in [-0.2, -0.15) is 0 Å². The second kappa shape index (κ2) is 8.81. The number of amides is 2. The summed E-state index contributed by atoms with van der Waals surface area (Å²) >= 11 is 0. The van der Waals surface area contributed by atoms with E-state index in [0.29, 0.717) is 41.3 Å². The number of benzene rings is 2. The van der Waals surface area contributed by atoms with Crippen LogP contribution in [-0.2, 0) is 16.1 Å². The zero-order valence-electron chi connectivity index (χ0n) is 18.8. The molecule has 0 spiro atoms. The minimum absolute atomic E-state index is 0.207. The summed E-state index contributed by atoms with van der Waals surface area (Å²) in [5.41, 5.74) is 3.66. The van der Waals surface area contributed by atoms with Crippen LogP contribution < -0.4 is 16.2 Å². The maximum atomic E-state index is 13.6. The molecule has 170 valence electrons. The van der Waals surface area contributed by atoms with Crippen LogP contribution >= 0.6 is 0 Å². The van der Waals surface area contributed by atoms with Crippen LogP contribution in [0.4, 0.5) is 5.69 Å². The van der Waals surface area contributed by atoms with Crippen molar-refractivity contribution >= 4 is 28.4 Å². The average Bonchev–Trinajstić information content (AvgIpc) is 3.34. The van der Waals surface area contributed by atoms with Crippen molar-refractivity contribution in [2.75, 3.05) is 5.32 Å². The molecule has 2 aromatic carbocycles. The van der Waals surface area contributed by atoms with Crippen molar-refractivity contribution in [2.24, 2.45) is 0 Å². The van der Waals surface area contributed by atoms with Gasteiger partial charge in [0.2, 0.25) is 11.8 Å². The fraction of sp³-hybridized carbons (Fsp3) is 0.385. The van der Waals surface area contributed by atoms with Gasteiger partial charge in [-0.1, -0.05) is 43.2 Å². The standard InChI is InChI=1S/C26H28N4O3/c1-16-28-21-12-6-11-20(24(21)26(33)30(16)22-13-14-23(31)29-25(22)32)27-15-18-9-4-5-10-19(18)17-7-2-3-8-17/h4-6,9-12,17,22,27H,2-3,7-8,13-15H2,1H3,(H,29,31,32). The van der Waals surface area contributed by atoms with Gasteiger partial charge >= 0.3 is 0 Å². The second-order valence-electron chi connectivity index (χ2n) is 9.03. The molecule has 2 N–H and O–H groups in total. The van der Waals surface area contributed by atoms with Crippen molar-refractivity contribution < 1.29 is 9.59 Å². The van der Waals surface area contributed by atoms with Gasteiger partial charge in [0.05, 0.1) is 10.9 Å². The first-order valence-corrected chi connectivity index (χ1v) is 11.7. The molecule has 2 aliphatic rings. The van der Waals surface area contributed by atoms with Crippen molar-refractivity contribution in [3.63, 3.8) is 0 Å². The summed E-state index contributed by atoms with van der Waals surface area (Å²) in [5.74, 6) is 0.308. The summed E-state index contributed by atoms with van der Waals surface area (Å²) in [4.78, 5) is 42.3. The highest BCUT2D eigenvalue weighted by Crippen LogP contribution is 2.36. The number of carbonyl (C=O) groups excluding carboxylic acids is 2. The highest BCUT2D eigenvalue weighted by atomic mass is 16.2. The number of imide groups is 1. The normalized spacial score (nSPS) is 19.1. The van der Waals surface area contributed by atoms with Gasteiger partial charge in [0.1, 0.15) is 11.9 Å². The van der Waals surface area contributed by atoms with Gasteiger partial charge in [0.25, 0.3) is 5.56 Å². The third kappa shape index (κ3) is 4.03. The van der Waals surface area contributed by atoms with Gasteiger partial charge in [0, 0.05) is 18.7 Å². The summed E-state index contributed by atoms with van der Waals surface area (Å²) in [6.07, 6.45) is 5.51.